The molecule has 3 heterocycles. The first-order chi connectivity index (χ1) is 9.13. The molecule has 0 spiro atoms. The van der Waals surface area contributed by atoms with Gasteiger partial charge in [0.1, 0.15) is 0 Å². The fraction of sp³-hybridized carbons (Fsp3) is 0.308. The van der Waals surface area contributed by atoms with Gasteiger partial charge in [-0.05, 0) is 25.5 Å². The predicted octanol–water partition coefficient (Wildman–Crippen LogP) is 1.69. The normalized spacial score (nSPS) is 11.1. The standard InChI is InChI=1S/C13H16N6/c1-9-4-5-12-16-13(17-19(12)8-9)14-6-11-7-15-18(3)10(11)2/h4-5,7-8H,6H2,1-3H3,(H,14,17). The highest BCUT2D eigenvalue weighted by Gasteiger charge is 2.06. The van der Waals surface area contributed by atoms with Gasteiger partial charge in [-0.1, -0.05) is 6.07 Å². The molecule has 0 aliphatic carbocycles. The van der Waals surface area contributed by atoms with Crippen molar-refractivity contribution in [2.75, 3.05) is 5.32 Å². The molecule has 1 N–H and O–H groups in total. The van der Waals surface area contributed by atoms with Gasteiger partial charge in [-0.25, -0.2) is 4.52 Å². The van der Waals surface area contributed by atoms with Crippen molar-refractivity contribution in [3.63, 3.8) is 0 Å². The van der Waals surface area contributed by atoms with E-state index >= 15 is 0 Å². The van der Waals surface area contributed by atoms with E-state index < -0.39 is 0 Å². The van der Waals surface area contributed by atoms with Gasteiger partial charge in [-0.2, -0.15) is 10.1 Å². The van der Waals surface area contributed by atoms with Gasteiger partial charge in [-0.3, -0.25) is 4.68 Å². The fourth-order valence-electron chi connectivity index (χ4n) is 1.95. The Kier molecular flexibility index (Phi) is 2.70. The van der Waals surface area contributed by atoms with Crippen LogP contribution in [0.5, 0.6) is 0 Å². The molecular formula is C13H16N6. The van der Waals surface area contributed by atoms with Crippen molar-refractivity contribution in [2.45, 2.75) is 20.4 Å². The van der Waals surface area contributed by atoms with E-state index in [0.717, 1.165) is 22.5 Å². The lowest BCUT2D eigenvalue weighted by molar-refractivity contribution is 0.738. The molecule has 0 amide bonds. The van der Waals surface area contributed by atoms with Gasteiger partial charge in [0.2, 0.25) is 5.95 Å². The van der Waals surface area contributed by atoms with Crippen LogP contribution in [-0.2, 0) is 13.6 Å². The van der Waals surface area contributed by atoms with Gasteiger partial charge in [0, 0.05) is 31.0 Å². The molecule has 0 saturated heterocycles. The summed E-state index contributed by atoms with van der Waals surface area (Å²) in [6, 6.07) is 3.99. The molecule has 0 saturated carbocycles. The average Bonchev–Trinajstić information content (AvgIpc) is 2.92. The first-order valence-electron chi connectivity index (χ1n) is 6.18. The van der Waals surface area contributed by atoms with Crippen LogP contribution < -0.4 is 5.32 Å². The number of nitrogens with one attached hydrogen (secondary N) is 1. The Hall–Kier alpha value is -2.37. The average molecular weight is 256 g/mol. The van der Waals surface area contributed by atoms with E-state index in [2.05, 4.69) is 20.5 Å². The molecule has 19 heavy (non-hydrogen) atoms. The molecule has 0 aliphatic rings. The topological polar surface area (TPSA) is 60.0 Å². The number of aromatic nitrogens is 5. The molecule has 0 aromatic carbocycles. The summed E-state index contributed by atoms with van der Waals surface area (Å²) in [7, 11) is 1.94. The van der Waals surface area contributed by atoms with Crippen LogP contribution in [0.15, 0.2) is 24.5 Å². The Morgan fingerprint density at radius 3 is 2.84 bits per heavy atom. The molecule has 3 aromatic heterocycles. The number of aryl methyl sites for hydroxylation is 2. The maximum absolute atomic E-state index is 4.42. The van der Waals surface area contributed by atoms with Crippen molar-refractivity contribution < 1.29 is 0 Å². The Balaban J connectivity index is 1.80. The predicted molar refractivity (Wildman–Crippen MR) is 73.0 cm³/mol. The second kappa shape index (κ2) is 4.38. The molecule has 0 unspecified atom stereocenters. The molecule has 98 valence electrons. The van der Waals surface area contributed by atoms with Crippen molar-refractivity contribution in [2.24, 2.45) is 7.05 Å². The van der Waals surface area contributed by atoms with Crippen LogP contribution >= 0.6 is 0 Å². The third-order valence-corrected chi connectivity index (χ3v) is 3.25. The highest BCUT2D eigenvalue weighted by atomic mass is 15.3. The number of fused-ring (bicyclic) bond motifs is 1. The number of anilines is 1. The zero-order valence-corrected chi connectivity index (χ0v) is 11.3. The zero-order valence-electron chi connectivity index (χ0n) is 11.3. The molecule has 0 fully saturated rings. The van der Waals surface area contributed by atoms with Crippen LogP contribution in [0.4, 0.5) is 5.95 Å². The van der Waals surface area contributed by atoms with E-state index in [9.17, 15) is 0 Å². The molecule has 3 aromatic rings. The second-order valence-corrected chi connectivity index (χ2v) is 4.68. The van der Waals surface area contributed by atoms with E-state index in [0.29, 0.717) is 12.5 Å². The summed E-state index contributed by atoms with van der Waals surface area (Å²) in [6.45, 7) is 4.76. The second-order valence-electron chi connectivity index (χ2n) is 4.68. The lowest BCUT2D eigenvalue weighted by atomic mass is 10.2. The lowest BCUT2D eigenvalue weighted by Gasteiger charge is -2.00. The number of hydrogen-bond donors (Lipinski definition) is 1. The van der Waals surface area contributed by atoms with E-state index in [4.69, 9.17) is 0 Å². The third kappa shape index (κ3) is 2.16. The summed E-state index contributed by atoms with van der Waals surface area (Å²) in [5, 5.41) is 11.8. The van der Waals surface area contributed by atoms with Gasteiger partial charge >= 0.3 is 0 Å². The minimum Gasteiger partial charge on any atom is -0.349 e. The van der Waals surface area contributed by atoms with Gasteiger partial charge < -0.3 is 5.32 Å². The maximum Gasteiger partial charge on any atom is 0.243 e. The monoisotopic (exact) mass is 256 g/mol. The van der Waals surface area contributed by atoms with Gasteiger partial charge in [-0.15, -0.1) is 5.10 Å². The number of pyridine rings is 1. The summed E-state index contributed by atoms with van der Waals surface area (Å²) in [4.78, 5) is 4.42. The van der Waals surface area contributed by atoms with Crippen molar-refractivity contribution in [1.82, 2.24) is 24.4 Å². The molecule has 6 heteroatoms. The first kappa shape index (κ1) is 11.7. The summed E-state index contributed by atoms with van der Waals surface area (Å²) in [6.07, 6.45) is 3.82. The Morgan fingerprint density at radius 1 is 1.26 bits per heavy atom. The van der Waals surface area contributed by atoms with Crippen molar-refractivity contribution in [1.29, 1.82) is 0 Å². The number of rotatable bonds is 3. The minimum atomic E-state index is 0.633. The lowest BCUT2D eigenvalue weighted by Crippen LogP contribution is -2.03. The summed E-state index contributed by atoms with van der Waals surface area (Å²) in [5.74, 6) is 0.633. The van der Waals surface area contributed by atoms with E-state index in [1.54, 1.807) is 4.52 Å². The molecule has 0 radical (unpaired) electrons. The van der Waals surface area contributed by atoms with Crippen LogP contribution in [0.2, 0.25) is 0 Å². The minimum absolute atomic E-state index is 0.633. The quantitative estimate of drug-likeness (QED) is 0.774. The van der Waals surface area contributed by atoms with E-state index in [-0.39, 0.29) is 0 Å². The fourth-order valence-corrected chi connectivity index (χ4v) is 1.95. The van der Waals surface area contributed by atoms with Crippen molar-refractivity contribution in [3.8, 4) is 0 Å². The Bertz CT molecular complexity index is 724. The molecule has 0 aliphatic heterocycles. The van der Waals surface area contributed by atoms with Crippen molar-refractivity contribution >= 4 is 11.6 Å². The van der Waals surface area contributed by atoms with Crippen LogP contribution in [0.1, 0.15) is 16.8 Å². The highest BCUT2D eigenvalue weighted by Crippen LogP contribution is 2.10. The molecule has 3 rings (SSSR count). The SMILES string of the molecule is Cc1ccc2nc(NCc3cnn(C)c3C)nn2c1. The van der Waals surface area contributed by atoms with Gasteiger partial charge in [0.25, 0.3) is 0 Å². The molecule has 0 bridgehead atoms. The highest BCUT2D eigenvalue weighted by molar-refractivity contribution is 5.44. The number of hydrogen-bond acceptors (Lipinski definition) is 4. The smallest absolute Gasteiger partial charge is 0.243 e. The van der Waals surface area contributed by atoms with Crippen LogP contribution in [-0.4, -0.2) is 24.4 Å². The molecular weight excluding hydrogens is 240 g/mol. The van der Waals surface area contributed by atoms with Crippen LogP contribution in [0, 0.1) is 13.8 Å². The summed E-state index contributed by atoms with van der Waals surface area (Å²) in [5.41, 5.74) is 4.30. The summed E-state index contributed by atoms with van der Waals surface area (Å²) < 4.78 is 3.64. The Morgan fingerprint density at radius 2 is 2.11 bits per heavy atom. The molecule has 0 atom stereocenters. The zero-order chi connectivity index (χ0) is 13.4. The first-order valence-corrected chi connectivity index (χ1v) is 6.18. The van der Waals surface area contributed by atoms with Gasteiger partial charge in [0.05, 0.1) is 6.20 Å². The largest absolute Gasteiger partial charge is 0.349 e. The summed E-state index contributed by atoms with van der Waals surface area (Å²) >= 11 is 0. The maximum atomic E-state index is 4.42. The van der Waals surface area contributed by atoms with Crippen LogP contribution in [0.3, 0.4) is 0 Å². The van der Waals surface area contributed by atoms with Crippen LogP contribution in [0.25, 0.3) is 5.65 Å². The van der Waals surface area contributed by atoms with E-state index in [1.807, 2.05) is 50.1 Å². The van der Waals surface area contributed by atoms with Crippen molar-refractivity contribution in [3.05, 3.63) is 41.3 Å². The number of nitrogens with zero attached hydrogens (tertiary/aromatic N) is 5. The van der Waals surface area contributed by atoms with Gasteiger partial charge in [0.15, 0.2) is 5.65 Å². The van der Waals surface area contributed by atoms with E-state index in [1.165, 1.54) is 0 Å². The molecule has 6 nitrogen and oxygen atoms in total. The third-order valence-electron chi connectivity index (χ3n) is 3.25. The Labute approximate surface area is 111 Å².